The molecule has 94 valence electrons. The summed E-state index contributed by atoms with van der Waals surface area (Å²) in [4.78, 5) is 12.0. The number of aromatic amines is 1. The predicted molar refractivity (Wildman–Crippen MR) is 76.4 cm³/mol. The summed E-state index contributed by atoms with van der Waals surface area (Å²) >= 11 is 1.56. The highest BCUT2D eigenvalue weighted by Crippen LogP contribution is 2.24. The number of aryl methyl sites for hydroxylation is 1. The number of pyridine rings is 2. The third kappa shape index (κ3) is 2.77. The molecule has 0 amide bonds. The largest absolute Gasteiger partial charge is 0.279 e. The van der Waals surface area contributed by atoms with E-state index in [-0.39, 0.29) is 0 Å². The van der Waals surface area contributed by atoms with Crippen molar-refractivity contribution in [2.45, 2.75) is 6.92 Å². The van der Waals surface area contributed by atoms with Crippen molar-refractivity contribution in [3.05, 3.63) is 53.7 Å². The normalized spacial score (nSPS) is 10.4. The number of aromatic nitrogens is 3. The first-order chi connectivity index (χ1) is 9.31. The van der Waals surface area contributed by atoms with Crippen molar-refractivity contribution < 1.29 is 4.98 Å². The lowest BCUT2D eigenvalue weighted by Crippen LogP contribution is -2.08. The first kappa shape index (κ1) is 11.8. The van der Waals surface area contributed by atoms with Crippen LogP contribution in [0.25, 0.3) is 11.4 Å². The van der Waals surface area contributed by atoms with Crippen LogP contribution in [0.4, 0.5) is 10.9 Å². The van der Waals surface area contributed by atoms with Crippen LogP contribution in [0.5, 0.6) is 0 Å². The van der Waals surface area contributed by atoms with Gasteiger partial charge >= 0.3 is 0 Å². The number of H-pyrrole nitrogens is 1. The number of nitrogens with one attached hydrogen (secondary N) is 2. The van der Waals surface area contributed by atoms with Gasteiger partial charge in [-0.2, -0.15) is 4.98 Å². The van der Waals surface area contributed by atoms with E-state index in [1.54, 1.807) is 17.5 Å². The molecule has 0 aliphatic carbocycles. The maximum Gasteiger partial charge on any atom is 0.279 e. The molecule has 4 nitrogen and oxygen atoms in total. The van der Waals surface area contributed by atoms with Crippen LogP contribution in [0, 0.1) is 6.92 Å². The van der Waals surface area contributed by atoms with Crippen molar-refractivity contribution >= 4 is 22.3 Å². The molecule has 3 aromatic heterocycles. The lowest BCUT2D eigenvalue weighted by atomic mass is 10.3. The molecule has 3 heterocycles. The molecule has 0 saturated heterocycles. The monoisotopic (exact) mass is 269 g/mol. The Morgan fingerprint density at radius 1 is 1.21 bits per heavy atom. The average molecular weight is 269 g/mol. The van der Waals surface area contributed by atoms with Gasteiger partial charge in [-0.05, 0) is 30.7 Å². The number of rotatable bonds is 3. The van der Waals surface area contributed by atoms with Crippen LogP contribution in [0.3, 0.4) is 0 Å². The molecule has 0 fully saturated rings. The van der Waals surface area contributed by atoms with Crippen LogP contribution >= 0.6 is 11.3 Å². The summed E-state index contributed by atoms with van der Waals surface area (Å²) in [6, 6.07) is 9.88. The molecular weight excluding hydrogens is 256 g/mol. The van der Waals surface area contributed by atoms with Gasteiger partial charge < -0.3 is 0 Å². The maximum atomic E-state index is 4.53. The molecule has 2 N–H and O–H groups in total. The fourth-order valence-corrected chi connectivity index (χ4v) is 2.45. The van der Waals surface area contributed by atoms with Crippen molar-refractivity contribution in [1.82, 2.24) is 9.97 Å². The molecule has 0 saturated carbocycles. The van der Waals surface area contributed by atoms with Gasteiger partial charge in [-0.15, -0.1) is 0 Å². The Hall–Kier alpha value is -2.27. The van der Waals surface area contributed by atoms with E-state index in [4.69, 9.17) is 0 Å². The summed E-state index contributed by atoms with van der Waals surface area (Å²) in [6.45, 7) is 2.06. The summed E-state index contributed by atoms with van der Waals surface area (Å²) in [5.41, 5.74) is 2.98. The quantitative estimate of drug-likeness (QED) is 0.795. The molecule has 3 rings (SSSR count). The number of anilines is 2. The molecule has 5 heteroatoms. The molecule has 0 bridgehead atoms. The van der Waals surface area contributed by atoms with Gasteiger partial charge in [0.1, 0.15) is 5.69 Å². The minimum atomic E-state index is 0.850. The first-order valence-electron chi connectivity index (χ1n) is 5.93. The second-order valence-corrected chi connectivity index (χ2v) is 5.02. The van der Waals surface area contributed by atoms with Gasteiger partial charge in [0.25, 0.3) is 10.9 Å². The molecular formula is C14H13N4S+. The van der Waals surface area contributed by atoms with Crippen LogP contribution in [-0.4, -0.2) is 9.97 Å². The van der Waals surface area contributed by atoms with Crippen molar-refractivity contribution in [2.75, 3.05) is 5.32 Å². The minimum absolute atomic E-state index is 0.850. The smallest absolute Gasteiger partial charge is 0.255 e. The van der Waals surface area contributed by atoms with E-state index in [0.717, 1.165) is 22.3 Å². The Morgan fingerprint density at radius 2 is 2.16 bits per heavy atom. The lowest BCUT2D eigenvalue weighted by Gasteiger charge is -1.95. The Kier molecular flexibility index (Phi) is 3.20. The molecule has 0 aromatic carbocycles. The SMILES string of the molecule is Cc1cc[nH+]c(Nc2nc(-c3ccccn3)cs2)c1. The molecule has 3 aromatic rings. The topological polar surface area (TPSA) is 52.0 Å². The Balaban J connectivity index is 1.82. The predicted octanol–water partition coefficient (Wildman–Crippen LogP) is 3.07. The standard InChI is InChI=1S/C14H12N4S/c1-10-5-7-16-13(8-10)18-14-17-12(9-19-14)11-4-2-3-6-15-11/h2-9H,1H3,(H,16,17,18)/p+1. The summed E-state index contributed by atoms with van der Waals surface area (Å²) < 4.78 is 0. The Labute approximate surface area is 115 Å². The number of thiazole rings is 1. The highest BCUT2D eigenvalue weighted by molar-refractivity contribution is 7.14. The molecule has 19 heavy (non-hydrogen) atoms. The lowest BCUT2D eigenvalue weighted by molar-refractivity contribution is -0.360. The van der Waals surface area contributed by atoms with Crippen molar-refractivity contribution in [3.63, 3.8) is 0 Å². The minimum Gasteiger partial charge on any atom is -0.255 e. The van der Waals surface area contributed by atoms with E-state index in [1.165, 1.54) is 5.56 Å². The highest BCUT2D eigenvalue weighted by atomic mass is 32.1. The highest BCUT2D eigenvalue weighted by Gasteiger charge is 2.10. The van der Waals surface area contributed by atoms with Crippen molar-refractivity contribution in [3.8, 4) is 11.4 Å². The third-order valence-electron chi connectivity index (χ3n) is 2.63. The Bertz CT molecular complexity index is 679. The van der Waals surface area contributed by atoms with Gasteiger partial charge in [0.05, 0.1) is 11.9 Å². The molecule has 0 atom stereocenters. The molecule has 0 radical (unpaired) electrons. The van der Waals surface area contributed by atoms with E-state index >= 15 is 0 Å². The van der Waals surface area contributed by atoms with Crippen LogP contribution in [0.15, 0.2) is 48.1 Å². The van der Waals surface area contributed by atoms with Crippen molar-refractivity contribution in [1.29, 1.82) is 0 Å². The van der Waals surface area contributed by atoms with E-state index in [9.17, 15) is 0 Å². The third-order valence-corrected chi connectivity index (χ3v) is 3.39. The molecule has 0 aliphatic rings. The zero-order chi connectivity index (χ0) is 13.1. The average Bonchev–Trinajstić information content (AvgIpc) is 2.88. The Morgan fingerprint density at radius 3 is 2.95 bits per heavy atom. The molecule has 0 unspecified atom stereocenters. The van der Waals surface area contributed by atoms with Crippen LogP contribution in [-0.2, 0) is 0 Å². The summed E-state index contributed by atoms with van der Waals surface area (Å²) in [7, 11) is 0. The van der Waals surface area contributed by atoms with Crippen molar-refractivity contribution in [2.24, 2.45) is 0 Å². The maximum absolute atomic E-state index is 4.53. The fourth-order valence-electron chi connectivity index (χ4n) is 1.73. The van der Waals surface area contributed by atoms with Gasteiger partial charge in [-0.3, -0.25) is 4.98 Å². The van der Waals surface area contributed by atoms with Crippen LogP contribution < -0.4 is 10.3 Å². The zero-order valence-electron chi connectivity index (χ0n) is 10.4. The second kappa shape index (κ2) is 5.16. The first-order valence-corrected chi connectivity index (χ1v) is 6.81. The van der Waals surface area contributed by atoms with Crippen LogP contribution in [0.2, 0.25) is 0 Å². The number of nitrogens with zero attached hydrogens (tertiary/aromatic N) is 2. The van der Waals surface area contributed by atoms with Crippen LogP contribution in [0.1, 0.15) is 5.56 Å². The van der Waals surface area contributed by atoms with E-state index in [2.05, 4.69) is 27.2 Å². The van der Waals surface area contributed by atoms with Gasteiger partial charge in [0.15, 0.2) is 0 Å². The molecule has 0 spiro atoms. The fraction of sp³-hybridized carbons (Fsp3) is 0.0714. The van der Waals surface area contributed by atoms with Gasteiger partial charge in [0, 0.05) is 17.6 Å². The number of hydrogen-bond acceptors (Lipinski definition) is 4. The summed E-state index contributed by atoms with van der Waals surface area (Å²) in [5, 5.41) is 6.11. The van der Waals surface area contributed by atoms with Gasteiger partial charge in [-0.1, -0.05) is 17.4 Å². The second-order valence-electron chi connectivity index (χ2n) is 4.16. The van der Waals surface area contributed by atoms with E-state index in [0.29, 0.717) is 0 Å². The number of hydrogen-bond donors (Lipinski definition) is 1. The molecule has 0 aliphatic heterocycles. The van der Waals surface area contributed by atoms with Gasteiger partial charge in [0.2, 0.25) is 0 Å². The summed E-state index contributed by atoms with van der Waals surface area (Å²) in [5.74, 6) is 0.932. The van der Waals surface area contributed by atoms with E-state index < -0.39 is 0 Å². The summed E-state index contributed by atoms with van der Waals surface area (Å²) in [6.07, 6.45) is 3.68. The zero-order valence-corrected chi connectivity index (χ0v) is 11.2. The van der Waals surface area contributed by atoms with Gasteiger partial charge in [-0.25, -0.2) is 10.3 Å². The van der Waals surface area contributed by atoms with E-state index in [1.807, 2.05) is 41.9 Å².